The molecule has 0 radical (unpaired) electrons. The van der Waals surface area contributed by atoms with E-state index in [0.717, 1.165) is 11.1 Å². The van der Waals surface area contributed by atoms with E-state index in [0.29, 0.717) is 27.7 Å². The molecule has 134 valence electrons. The average molecular weight is 370 g/mol. The number of aryl methyl sites for hydroxylation is 1. The van der Waals surface area contributed by atoms with Gasteiger partial charge in [-0.1, -0.05) is 29.8 Å². The van der Waals surface area contributed by atoms with Gasteiger partial charge in [0.15, 0.2) is 17.3 Å². The quantitative estimate of drug-likeness (QED) is 0.530. The van der Waals surface area contributed by atoms with Gasteiger partial charge in [0.25, 0.3) is 0 Å². The van der Waals surface area contributed by atoms with Crippen LogP contribution in [0.2, 0.25) is 0 Å². The van der Waals surface area contributed by atoms with Crippen molar-refractivity contribution in [3.63, 3.8) is 0 Å². The molecule has 3 rings (SSSR count). The van der Waals surface area contributed by atoms with Crippen LogP contribution in [0.15, 0.2) is 41.5 Å². The highest BCUT2D eigenvalue weighted by atomic mass is 32.1. The van der Waals surface area contributed by atoms with Crippen molar-refractivity contribution in [1.82, 2.24) is 14.9 Å². The molecule has 8 heteroatoms. The summed E-state index contributed by atoms with van der Waals surface area (Å²) in [6.07, 6.45) is 1.59. The summed E-state index contributed by atoms with van der Waals surface area (Å²) in [5.41, 5.74) is 2.72. The predicted molar refractivity (Wildman–Crippen MR) is 102 cm³/mol. The summed E-state index contributed by atoms with van der Waals surface area (Å²) in [6.45, 7) is 2.02. The van der Waals surface area contributed by atoms with E-state index in [-0.39, 0.29) is 5.75 Å². The number of H-pyrrole nitrogens is 1. The van der Waals surface area contributed by atoms with E-state index >= 15 is 0 Å². The minimum atomic E-state index is -0.0626. The van der Waals surface area contributed by atoms with Crippen molar-refractivity contribution >= 4 is 18.4 Å². The first-order chi connectivity index (χ1) is 12.5. The number of aromatic nitrogens is 3. The van der Waals surface area contributed by atoms with Gasteiger partial charge in [-0.3, -0.25) is 0 Å². The Morgan fingerprint density at radius 1 is 1.15 bits per heavy atom. The minimum Gasteiger partial charge on any atom is -0.502 e. The third-order valence-electron chi connectivity index (χ3n) is 3.78. The lowest BCUT2D eigenvalue weighted by molar-refractivity contribution is 0.340. The Morgan fingerprint density at radius 2 is 1.77 bits per heavy atom. The summed E-state index contributed by atoms with van der Waals surface area (Å²) in [7, 11) is 2.94. The molecule has 0 fully saturated rings. The number of nitrogens with one attached hydrogen (secondary N) is 1. The van der Waals surface area contributed by atoms with Crippen LogP contribution >= 0.6 is 12.2 Å². The van der Waals surface area contributed by atoms with Crippen LogP contribution in [-0.4, -0.2) is 40.4 Å². The van der Waals surface area contributed by atoms with Gasteiger partial charge in [0.05, 0.1) is 20.4 Å². The van der Waals surface area contributed by atoms with Crippen molar-refractivity contribution in [3.05, 3.63) is 52.3 Å². The van der Waals surface area contributed by atoms with E-state index in [9.17, 15) is 5.11 Å². The Kier molecular flexibility index (Phi) is 5.04. The second kappa shape index (κ2) is 7.40. The molecule has 0 saturated carbocycles. The first-order valence-electron chi connectivity index (χ1n) is 7.77. The molecule has 0 atom stereocenters. The number of phenolic OH excluding ortho intramolecular Hbond substituents is 1. The van der Waals surface area contributed by atoms with Gasteiger partial charge in [-0.15, -0.1) is 0 Å². The van der Waals surface area contributed by atoms with Crippen LogP contribution in [0.5, 0.6) is 17.2 Å². The molecular formula is C18H18N4O3S. The maximum Gasteiger partial charge on any atom is 0.216 e. The third-order valence-corrected chi connectivity index (χ3v) is 4.05. The van der Waals surface area contributed by atoms with Crippen molar-refractivity contribution in [2.24, 2.45) is 5.10 Å². The van der Waals surface area contributed by atoms with Crippen LogP contribution in [0, 0.1) is 11.7 Å². The van der Waals surface area contributed by atoms with E-state index in [1.165, 1.54) is 18.9 Å². The summed E-state index contributed by atoms with van der Waals surface area (Å²) in [5.74, 6) is 1.12. The fourth-order valence-corrected chi connectivity index (χ4v) is 2.58. The predicted octanol–water partition coefficient (Wildman–Crippen LogP) is 3.52. The van der Waals surface area contributed by atoms with Gasteiger partial charge in [-0.2, -0.15) is 14.9 Å². The number of benzene rings is 2. The second-order valence-corrected chi connectivity index (χ2v) is 5.94. The van der Waals surface area contributed by atoms with Gasteiger partial charge in [0.2, 0.25) is 10.5 Å². The highest BCUT2D eigenvalue weighted by Gasteiger charge is 2.11. The lowest BCUT2D eigenvalue weighted by Crippen LogP contribution is -1.96. The van der Waals surface area contributed by atoms with E-state index in [1.54, 1.807) is 18.3 Å². The van der Waals surface area contributed by atoms with E-state index in [1.807, 2.05) is 31.2 Å². The molecule has 2 aromatic carbocycles. The molecule has 26 heavy (non-hydrogen) atoms. The lowest BCUT2D eigenvalue weighted by atomic mass is 10.1. The van der Waals surface area contributed by atoms with Gasteiger partial charge in [0, 0.05) is 11.1 Å². The standard InChI is InChI=1S/C18H18N4O3S/c1-11-4-6-13(7-5-11)17-20-21-18(26)22(17)19-10-12-8-14(24-2)16(23)15(9-12)25-3/h4-10,23H,1-3H3,(H,21,26)/b19-10-. The third kappa shape index (κ3) is 3.45. The van der Waals surface area contributed by atoms with E-state index < -0.39 is 0 Å². The van der Waals surface area contributed by atoms with Crippen LogP contribution in [0.4, 0.5) is 0 Å². The normalized spacial score (nSPS) is 11.0. The molecule has 7 nitrogen and oxygen atoms in total. The molecule has 1 heterocycles. The van der Waals surface area contributed by atoms with Gasteiger partial charge in [-0.25, -0.2) is 5.10 Å². The van der Waals surface area contributed by atoms with Gasteiger partial charge in [0.1, 0.15) is 0 Å². The number of nitrogens with zero attached hydrogens (tertiary/aromatic N) is 3. The molecule has 0 unspecified atom stereocenters. The van der Waals surface area contributed by atoms with Crippen LogP contribution < -0.4 is 9.47 Å². The fraction of sp³-hybridized carbons (Fsp3) is 0.167. The second-order valence-electron chi connectivity index (χ2n) is 5.55. The van der Waals surface area contributed by atoms with E-state index in [4.69, 9.17) is 21.7 Å². The molecule has 0 aliphatic heterocycles. The molecule has 0 amide bonds. The number of aromatic amines is 1. The molecule has 3 aromatic rings. The van der Waals surface area contributed by atoms with Crippen LogP contribution in [0.25, 0.3) is 11.4 Å². The Balaban J connectivity index is 2.01. The van der Waals surface area contributed by atoms with Crippen LogP contribution in [-0.2, 0) is 0 Å². The molecule has 0 saturated heterocycles. The number of phenols is 1. The topological polar surface area (TPSA) is 84.7 Å². The number of aromatic hydroxyl groups is 1. The number of methoxy groups -OCH3 is 2. The first-order valence-corrected chi connectivity index (χ1v) is 8.18. The number of hydrogen-bond acceptors (Lipinski definition) is 6. The molecule has 1 aromatic heterocycles. The van der Waals surface area contributed by atoms with E-state index in [2.05, 4.69) is 15.3 Å². The Hall–Kier alpha value is -3.13. The monoisotopic (exact) mass is 370 g/mol. The largest absolute Gasteiger partial charge is 0.502 e. The summed E-state index contributed by atoms with van der Waals surface area (Å²) in [6, 6.07) is 11.2. The summed E-state index contributed by atoms with van der Waals surface area (Å²) in [4.78, 5) is 0. The Bertz CT molecular complexity index is 981. The lowest BCUT2D eigenvalue weighted by Gasteiger charge is -2.09. The smallest absolute Gasteiger partial charge is 0.216 e. The van der Waals surface area contributed by atoms with Crippen molar-refractivity contribution in [3.8, 4) is 28.6 Å². The maximum atomic E-state index is 9.99. The maximum absolute atomic E-state index is 9.99. The number of ether oxygens (including phenoxy) is 2. The van der Waals surface area contributed by atoms with Crippen LogP contribution in [0.1, 0.15) is 11.1 Å². The molecular weight excluding hydrogens is 352 g/mol. The highest BCUT2D eigenvalue weighted by molar-refractivity contribution is 7.71. The summed E-state index contributed by atoms with van der Waals surface area (Å²) in [5, 5.41) is 21.4. The zero-order valence-electron chi connectivity index (χ0n) is 14.6. The SMILES string of the molecule is COc1cc(/C=N\n2c(-c3ccc(C)cc3)n[nH]c2=S)cc(OC)c1O. The Morgan fingerprint density at radius 3 is 2.35 bits per heavy atom. The molecule has 0 spiro atoms. The van der Waals surface area contributed by atoms with Crippen molar-refractivity contribution in [2.45, 2.75) is 6.92 Å². The first kappa shape index (κ1) is 17.7. The van der Waals surface area contributed by atoms with Crippen molar-refractivity contribution in [2.75, 3.05) is 14.2 Å². The van der Waals surface area contributed by atoms with Gasteiger partial charge < -0.3 is 14.6 Å². The zero-order valence-corrected chi connectivity index (χ0v) is 15.4. The van der Waals surface area contributed by atoms with Crippen LogP contribution in [0.3, 0.4) is 0 Å². The van der Waals surface area contributed by atoms with Gasteiger partial charge in [-0.05, 0) is 31.3 Å². The number of rotatable bonds is 5. The van der Waals surface area contributed by atoms with Gasteiger partial charge >= 0.3 is 0 Å². The molecule has 2 N–H and O–H groups in total. The summed E-state index contributed by atoms with van der Waals surface area (Å²) < 4.78 is 12.2. The molecule has 0 bridgehead atoms. The molecule has 0 aliphatic carbocycles. The molecule has 0 aliphatic rings. The van der Waals surface area contributed by atoms with Crippen molar-refractivity contribution in [1.29, 1.82) is 0 Å². The average Bonchev–Trinajstić information content (AvgIpc) is 3.02. The summed E-state index contributed by atoms with van der Waals surface area (Å²) >= 11 is 5.27. The highest BCUT2D eigenvalue weighted by Crippen LogP contribution is 2.36. The van der Waals surface area contributed by atoms with Crippen molar-refractivity contribution < 1.29 is 14.6 Å². The minimum absolute atomic E-state index is 0.0626. The zero-order chi connectivity index (χ0) is 18.7. The number of hydrogen-bond donors (Lipinski definition) is 2. The Labute approximate surface area is 155 Å². The fourth-order valence-electron chi connectivity index (χ4n) is 2.40.